The predicted molar refractivity (Wildman–Crippen MR) is 48.6 cm³/mol. The number of benzene rings is 1. The van der Waals surface area contributed by atoms with Gasteiger partial charge in [0.2, 0.25) is 5.78 Å². The molecule has 0 amide bonds. The highest BCUT2D eigenvalue weighted by Gasteiger charge is 2.13. The summed E-state index contributed by atoms with van der Waals surface area (Å²) in [5, 5.41) is 9.31. The zero-order valence-electron chi connectivity index (χ0n) is 7.28. The Hall–Kier alpha value is -1.77. The van der Waals surface area contributed by atoms with E-state index in [-0.39, 0.29) is 17.1 Å². The Morgan fingerprint density at radius 1 is 1.46 bits per heavy atom. The maximum absolute atomic E-state index is 11.4. The fourth-order valence-electron chi connectivity index (χ4n) is 0.909. The van der Waals surface area contributed by atoms with Crippen LogP contribution in [-0.4, -0.2) is 18.0 Å². The topological polar surface area (TPSA) is 46.5 Å². The molecule has 0 aliphatic heterocycles. The summed E-state index contributed by atoms with van der Waals surface area (Å²) < 4.78 is 4.67. The molecule has 0 atom stereocenters. The van der Waals surface area contributed by atoms with Gasteiger partial charge in [-0.3, -0.25) is 4.79 Å². The van der Waals surface area contributed by atoms with E-state index in [9.17, 15) is 9.90 Å². The van der Waals surface area contributed by atoms with Gasteiger partial charge >= 0.3 is 0 Å². The van der Waals surface area contributed by atoms with Gasteiger partial charge in [0, 0.05) is 0 Å². The van der Waals surface area contributed by atoms with Crippen LogP contribution in [0.15, 0.2) is 36.6 Å². The Morgan fingerprint density at radius 2 is 2.08 bits per heavy atom. The molecule has 0 fully saturated rings. The van der Waals surface area contributed by atoms with Crippen LogP contribution in [0, 0.1) is 0 Å². The van der Waals surface area contributed by atoms with Gasteiger partial charge in [0.1, 0.15) is 5.75 Å². The molecular weight excluding hydrogens is 168 g/mol. The van der Waals surface area contributed by atoms with E-state index in [1.54, 1.807) is 12.1 Å². The van der Waals surface area contributed by atoms with Gasteiger partial charge in [-0.2, -0.15) is 0 Å². The largest absolute Gasteiger partial charge is 0.507 e. The highest BCUT2D eigenvalue weighted by Crippen LogP contribution is 2.18. The molecule has 3 nitrogen and oxygen atoms in total. The number of phenols is 1. The van der Waals surface area contributed by atoms with E-state index in [1.165, 1.54) is 19.2 Å². The number of para-hydroxylation sites is 1. The Kier molecular flexibility index (Phi) is 2.69. The molecule has 0 spiro atoms. The Labute approximate surface area is 76.3 Å². The number of methoxy groups -OCH3 is 1. The first-order valence-electron chi connectivity index (χ1n) is 3.72. The summed E-state index contributed by atoms with van der Waals surface area (Å²) in [5.41, 5.74) is 0.203. The summed E-state index contributed by atoms with van der Waals surface area (Å²) in [5.74, 6) is -0.451. The van der Waals surface area contributed by atoms with Crippen LogP contribution in [0.4, 0.5) is 0 Å². The minimum absolute atomic E-state index is 0.0153. The highest BCUT2D eigenvalue weighted by atomic mass is 16.5. The summed E-state index contributed by atoms with van der Waals surface area (Å²) in [6.07, 6.45) is 0. The number of allylic oxidation sites excluding steroid dienone is 1. The number of ketones is 1. The van der Waals surface area contributed by atoms with E-state index >= 15 is 0 Å². The number of phenolic OH excluding ortho intramolecular Hbond substituents is 1. The number of rotatable bonds is 3. The molecule has 1 N–H and O–H groups in total. The van der Waals surface area contributed by atoms with Gasteiger partial charge in [-0.1, -0.05) is 18.7 Å². The first kappa shape index (κ1) is 9.32. The van der Waals surface area contributed by atoms with Gasteiger partial charge < -0.3 is 9.84 Å². The van der Waals surface area contributed by atoms with Crippen molar-refractivity contribution in [2.24, 2.45) is 0 Å². The van der Waals surface area contributed by atoms with Gasteiger partial charge in [0.15, 0.2) is 5.76 Å². The van der Waals surface area contributed by atoms with Crippen molar-refractivity contribution in [3.8, 4) is 5.75 Å². The number of hydrogen-bond acceptors (Lipinski definition) is 3. The predicted octanol–water partition coefficient (Wildman–Crippen LogP) is 1.73. The minimum Gasteiger partial charge on any atom is -0.507 e. The molecule has 0 aliphatic carbocycles. The number of Topliss-reactive ketones (excluding diaryl/α,β-unsaturated/α-hetero) is 1. The number of hydrogen-bond donors (Lipinski definition) is 1. The fourth-order valence-corrected chi connectivity index (χ4v) is 0.909. The van der Waals surface area contributed by atoms with E-state index in [1.807, 2.05) is 0 Å². The maximum Gasteiger partial charge on any atom is 0.230 e. The van der Waals surface area contributed by atoms with E-state index in [0.717, 1.165) is 0 Å². The van der Waals surface area contributed by atoms with Crippen molar-refractivity contribution in [2.75, 3.05) is 7.11 Å². The molecule has 1 aromatic carbocycles. The van der Waals surface area contributed by atoms with Crippen LogP contribution >= 0.6 is 0 Å². The van der Waals surface area contributed by atoms with Crippen LogP contribution in [0.25, 0.3) is 0 Å². The van der Waals surface area contributed by atoms with Crippen molar-refractivity contribution in [3.63, 3.8) is 0 Å². The molecule has 0 saturated heterocycles. The van der Waals surface area contributed by atoms with Crippen LogP contribution in [0.2, 0.25) is 0 Å². The van der Waals surface area contributed by atoms with E-state index in [0.29, 0.717) is 0 Å². The third-order valence-electron chi connectivity index (χ3n) is 1.65. The molecule has 3 heteroatoms. The van der Waals surface area contributed by atoms with Gasteiger partial charge in [-0.15, -0.1) is 0 Å². The van der Waals surface area contributed by atoms with Gasteiger partial charge in [-0.05, 0) is 12.1 Å². The third kappa shape index (κ3) is 1.87. The van der Waals surface area contributed by atoms with E-state index < -0.39 is 5.78 Å². The van der Waals surface area contributed by atoms with Crippen molar-refractivity contribution >= 4 is 5.78 Å². The molecule has 0 heterocycles. The summed E-state index contributed by atoms with van der Waals surface area (Å²) in [6, 6.07) is 6.26. The second-order valence-corrected chi connectivity index (χ2v) is 2.47. The summed E-state index contributed by atoms with van der Waals surface area (Å²) >= 11 is 0. The lowest BCUT2D eigenvalue weighted by atomic mass is 10.1. The SMILES string of the molecule is C=C(OC)C(=O)c1ccccc1O. The van der Waals surface area contributed by atoms with Crippen LogP contribution < -0.4 is 0 Å². The minimum atomic E-state index is -0.402. The number of ether oxygens (including phenoxy) is 1. The molecule has 0 aromatic heterocycles. The van der Waals surface area contributed by atoms with Crippen LogP contribution in [0.1, 0.15) is 10.4 Å². The van der Waals surface area contributed by atoms with E-state index in [4.69, 9.17) is 0 Å². The molecule has 0 radical (unpaired) electrons. The average molecular weight is 178 g/mol. The smallest absolute Gasteiger partial charge is 0.230 e. The van der Waals surface area contributed by atoms with Crippen molar-refractivity contribution < 1.29 is 14.6 Å². The molecule has 0 saturated carbocycles. The molecule has 0 unspecified atom stereocenters. The summed E-state index contributed by atoms with van der Waals surface area (Å²) in [6.45, 7) is 3.41. The molecule has 1 rings (SSSR count). The lowest BCUT2D eigenvalue weighted by Crippen LogP contribution is -2.03. The molecule has 0 bridgehead atoms. The van der Waals surface area contributed by atoms with Crippen LogP contribution in [0.5, 0.6) is 5.75 Å². The highest BCUT2D eigenvalue weighted by molar-refractivity contribution is 6.08. The molecule has 13 heavy (non-hydrogen) atoms. The van der Waals surface area contributed by atoms with Gasteiger partial charge in [0.25, 0.3) is 0 Å². The molecule has 0 aliphatic rings. The second kappa shape index (κ2) is 3.76. The quantitative estimate of drug-likeness (QED) is 0.435. The average Bonchev–Trinajstić information content (AvgIpc) is 2.16. The first-order chi connectivity index (χ1) is 6.16. The zero-order valence-corrected chi connectivity index (χ0v) is 7.28. The van der Waals surface area contributed by atoms with Crippen LogP contribution in [0.3, 0.4) is 0 Å². The Morgan fingerprint density at radius 3 is 2.62 bits per heavy atom. The molecule has 68 valence electrons. The van der Waals surface area contributed by atoms with Crippen molar-refractivity contribution in [1.82, 2.24) is 0 Å². The van der Waals surface area contributed by atoms with Gasteiger partial charge in [0.05, 0.1) is 12.7 Å². The van der Waals surface area contributed by atoms with Gasteiger partial charge in [-0.25, -0.2) is 0 Å². The maximum atomic E-state index is 11.4. The summed E-state index contributed by atoms with van der Waals surface area (Å²) in [7, 11) is 1.36. The lowest BCUT2D eigenvalue weighted by Gasteiger charge is -2.04. The number of carbonyl (C=O) groups excluding carboxylic acids is 1. The number of aromatic hydroxyl groups is 1. The lowest BCUT2D eigenvalue weighted by molar-refractivity contribution is 0.0952. The fraction of sp³-hybridized carbons (Fsp3) is 0.100. The van der Waals surface area contributed by atoms with Crippen molar-refractivity contribution in [1.29, 1.82) is 0 Å². The first-order valence-corrected chi connectivity index (χ1v) is 3.72. The van der Waals surface area contributed by atoms with Crippen LogP contribution in [-0.2, 0) is 4.74 Å². The van der Waals surface area contributed by atoms with Crippen molar-refractivity contribution in [2.45, 2.75) is 0 Å². The third-order valence-corrected chi connectivity index (χ3v) is 1.65. The molecular formula is C10H10O3. The Balaban J connectivity index is 3.02. The van der Waals surface area contributed by atoms with E-state index in [2.05, 4.69) is 11.3 Å². The second-order valence-electron chi connectivity index (χ2n) is 2.47. The Bertz CT molecular complexity index is 342. The standard InChI is InChI=1S/C10H10O3/c1-7(13-2)10(12)8-5-3-4-6-9(8)11/h3-6,11H,1H2,2H3. The normalized spacial score (nSPS) is 9.31. The monoisotopic (exact) mass is 178 g/mol. The van der Waals surface area contributed by atoms with Crippen molar-refractivity contribution in [3.05, 3.63) is 42.2 Å². The number of carbonyl (C=O) groups is 1. The molecule has 1 aromatic rings. The zero-order chi connectivity index (χ0) is 9.84. The summed E-state index contributed by atoms with van der Waals surface area (Å²) in [4.78, 5) is 11.4.